The van der Waals surface area contributed by atoms with Gasteiger partial charge in [0.1, 0.15) is 18.3 Å². The molecule has 22 heavy (non-hydrogen) atoms. The van der Waals surface area contributed by atoms with E-state index < -0.39 is 0 Å². The summed E-state index contributed by atoms with van der Waals surface area (Å²) in [4.78, 5) is 16.9. The molecular weight excluding hydrogens is 280 g/mol. The van der Waals surface area contributed by atoms with Crippen LogP contribution in [-0.2, 0) is 0 Å². The number of rotatable bonds is 2. The highest BCUT2D eigenvalue weighted by molar-refractivity contribution is 5.86. The monoisotopic (exact) mass is 290 g/mol. The van der Waals surface area contributed by atoms with Crippen LogP contribution >= 0.6 is 0 Å². The van der Waals surface area contributed by atoms with Crippen LogP contribution in [0, 0.1) is 6.92 Å². The molecule has 0 fully saturated rings. The van der Waals surface area contributed by atoms with Gasteiger partial charge in [-0.1, -0.05) is 0 Å². The van der Waals surface area contributed by atoms with E-state index in [0.717, 1.165) is 27.7 Å². The highest BCUT2D eigenvalue weighted by atomic mass is 15.5. The molecule has 0 radical (unpaired) electrons. The van der Waals surface area contributed by atoms with E-state index in [1.807, 2.05) is 31.3 Å². The smallest absolute Gasteiger partial charge is 0.223 e. The zero-order valence-electron chi connectivity index (χ0n) is 11.6. The normalized spacial score (nSPS) is 11.0. The minimum absolute atomic E-state index is 0.434. The molecule has 0 bridgehead atoms. The average Bonchev–Trinajstić information content (AvgIpc) is 3.09. The number of benzene rings is 1. The molecule has 0 saturated carbocycles. The van der Waals surface area contributed by atoms with E-state index in [0.29, 0.717) is 11.5 Å². The summed E-state index contributed by atoms with van der Waals surface area (Å²) in [6, 6.07) is 5.85. The van der Waals surface area contributed by atoms with Crippen molar-refractivity contribution in [3.63, 3.8) is 0 Å². The summed E-state index contributed by atoms with van der Waals surface area (Å²) in [5.74, 6) is 0.434. The second-order valence-electron chi connectivity index (χ2n) is 4.77. The molecule has 1 aromatic carbocycles. The summed E-state index contributed by atoms with van der Waals surface area (Å²) in [6.45, 7) is 2.02. The lowest BCUT2D eigenvalue weighted by Crippen LogP contribution is -1.92. The Hall–Kier alpha value is -3.29. The van der Waals surface area contributed by atoms with Crippen molar-refractivity contribution in [3.8, 4) is 22.8 Å². The van der Waals surface area contributed by atoms with Crippen LogP contribution in [-0.4, -0.2) is 40.6 Å². The van der Waals surface area contributed by atoms with Gasteiger partial charge in [-0.2, -0.15) is 5.21 Å². The molecule has 0 aliphatic carbocycles. The number of nitrogens with one attached hydrogen (secondary N) is 1. The summed E-state index contributed by atoms with van der Waals surface area (Å²) >= 11 is 0. The molecule has 0 saturated heterocycles. The molecule has 0 atom stereocenters. The van der Waals surface area contributed by atoms with E-state index in [4.69, 9.17) is 0 Å². The number of H-pyrrole nitrogens is 1. The van der Waals surface area contributed by atoms with Gasteiger partial charge in [0.15, 0.2) is 0 Å². The first-order valence-corrected chi connectivity index (χ1v) is 6.58. The minimum Gasteiger partial charge on any atom is -0.244 e. The van der Waals surface area contributed by atoms with E-state index in [1.165, 1.54) is 12.7 Å². The fourth-order valence-electron chi connectivity index (χ4n) is 2.31. The van der Waals surface area contributed by atoms with E-state index in [1.54, 1.807) is 0 Å². The van der Waals surface area contributed by atoms with Crippen LogP contribution in [0.25, 0.3) is 33.7 Å². The van der Waals surface area contributed by atoms with Crippen LogP contribution in [0.4, 0.5) is 0 Å². The second-order valence-corrected chi connectivity index (χ2v) is 4.77. The third-order valence-corrected chi connectivity index (χ3v) is 3.37. The molecular formula is C14H10N8. The molecule has 8 heteroatoms. The fourth-order valence-corrected chi connectivity index (χ4v) is 2.31. The molecule has 0 aliphatic heterocycles. The molecule has 3 heterocycles. The highest BCUT2D eigenvalue weighted by Gasteiger charge is 2.09. The van der Waals surface area contributed by atoms with Gasteiger partial charge in [-0.25, -0.2) is 19.9 Å². The van der Waals surface area contributed by atoms with E-state index >= 15 is 0 Å². The van der Waals surface area contributed by atoms with Gasteiger partial charge in [0, 0.05) is 17.1 Å². The predicted molar refractivity (Wildman–Crippen MR) is 78.5 cm³/mol. The van der Waals surface area contributed by atoms with Gasteiger partial charge < -0.3 is 0 Å². The van der Waals surface area contributed by atoms with Crippen LogP contribution in [0.1, 0.15) is 5.56 Å². The molecule has 0 unspecified atom stereocenters. The Morgan fingerprint density at radius 3 is 2.73 bits per heavy atom. The van der Waals surface area contributed by atoms with Crippen molar-refractivity contribution in [1.29, 1.82) is 0 Å². The third-order valence-electron chi connectivity index (χ3n) is 3.37. The molecule has 1 N–H and O–H groups in total. The van der Waals surface area contributed by atoms with Crippen LogP contribution in [0.15, 0.2) is 37.1 Å². The van der Waals surface area contributed by atoms with Crippen molar-refractivity contribution >= 4 is 10.9 Å². The first-order valence-electron chi connectivity index (χ1n) is 6.58. The molecule has 0 aliphatic rings. The van der Waals surface area contributed by atoms with Crippen molar-refractivity contribution < 1.29 is 0 Å². The zero-order valence-corrected chi connectivity index (χ0v) is 11.6. The van der Waals surface area contributed by atoms with Gasteiger partial charge in [-0.05, 0) is 35.9 Å². The van der Waals surface area contributed by atoms with E-state index in [2.05, 4.69) is 40.6 Å². The maximum atomic E-state index is 4.33. The number of hydrogen-bond acceptors (Lipinski definition) is 7. The van der Waals surface area contributed by atoms with Crippen LogP contribution < -0.4 is 0 Å². The summed E-state index contributed by atoms with van der Waals surface area (Å²) in [5, 5.41) is 14.8. The lowest BCUT2D eigenvalue weighted by Gasteiger charge is -2.06. The number of tetrazole rings is 1. The van der Waals surface area contributed by atoms with Gasteiger partial charge in [0.25, 0.3) is 0 Å². The molecule has 0 amide bonds. The number of fused-ring (bicyclic) bond motifs is 1. The molecule has 106 valence electrons. The van der Waals surface area contributed by atoms with Gasteiger partial charge >= 0.3 is 0 Å². The zero-order chi connectivity index (χ0) is 14.9. The van der Waals surface area contributed by atoms with Gasteiger partial charge in [0.05, 0.1) is 11.2 Å². The Balaban J connectivity index is 1.87. The van der Waals surface area contributed by atoms with Crippen molar-refractivity contribution in [2.45, 2.75) is 6.92 Å². The summed E-state index contributed by atoms with van der Waals surface area (Å²) < 4.78 is 0. The maximum Gasteiger partial charge on any atom is 0.223 e. The van der Waals surface area contributed by atoms with Crippen LogP contribution in [0.5, 0.6) is 0 Å². The van der Waals surface area contributed by atoms with Crippen LogP contribution in [0.3, 0.4) is 0 Å². The van der Waals surface area contributed by atoms with Crippen molar-refractivity contribution in [1.82, 2.24) is 40.6 Å². The first kappa shape index (κ1) is 12.5. The molecule has 8 nitrogen and oxygen atoms in total. The lowest BCUT2D eigenvalue weighted by atomic mass is 10.0. The molecule has 3 aromatic heterocycles. The second kappa shape index (κ2) is 4.92. The summed E-state index contributed by atoms with van der Waals surface area (Å²) in [5.41, 5.74) is 4.31. The molecule has 4 rings (SSSR count). The Bertz CT molecular complexity index is 948. The van der Waals surface area contributed by atoms with E-state index in [9.17, 15) is 0 Å². The number of nitrogens with zero attached hydrogens (tertiary/aromatic N) is 7. The standard InChI is InChI=1S/C14H10N8/c1-8-2-9(3-12-10(8)5-15-6-16-12)11-4-13(18-7-17-11)14-19-21-22-20-14/h2-7H,1H3,(H,19,20,21,22). The van der Waals surface area contributed by atoms with Crippen LogP contribution in [0.2, 0.25) is 0 Å². The SMILES string of the molecule is Cc1cc(-c2cc(-c3nn[nH]n3)ncn2)cc2ncncc12. The Morgan fingerprint density at radius 1 is 0.955 bits per heavy atom. The summed E-state index contributed by atoms with van der Waals surface area (Å²) in [7, 11) is 0. The van der Waals surface area contributed by atoms with Crippen molar-refractivity contribution in [2.24, 2.45) is 0 Å². The number of aromatic amines is 1. The third kappa shape index (κ3) is 2.06. The predicted octanol–water partition coefficient (Wildman–Crippen LogP) is 1.58. The lowest BCUT2D eigenvalue weighted by molar-refractivity contribution is 0.881. The highest BCUT2D eigenvalue weighted by Crippen LogP contribution is 2.26. The van der Waals surface area contributed by atoms with Gasteiger partial charge in [-0.3, -0.25) is 0 Å². The first-order chi connectivity index (χ1) is 10.8. The Labute approximate surface area is 124 Å². The summed E-state index contributed by atoms with van der Waals surface area (Å²) in [6.07, 6.45) is 4.84. The quantitative estimate of drug-likeness (QED) is 0.597. The maximum absolute atomic E-state index is 4.33. The van der Waals surface area contributed by atoms with E-state index in [-0.39, 0.29) is 0 Å². The van der Waals surface area contributed by atoms with Crippen molar-refractivity contribution in [2.75, 3.05) is 0 Å². The molecule has 4 aromatic rings. The largest absolute Gasteiger partial charge is 0.244 e. The van der Waals surface area contributed by atoms with Crippen molar-refractivity contribution in [3.05, 3.63) is 42.6 Å². The number of hydrogen-bond donors (Lipinski definition) is 1. The minimum atomic E-state index is 0.434. The topological polar surface area (TPSA) is 106 Å². The fraction of sp³-hybridized carbons (Fsp3) is 0.0714. The van der Waals surface area contributed by atoms with Gasteiger partial charge in [0.2, 0.25) is 5.82 Å². The Morgan fingerprint density at radius 2 is 1.86 bits per heavy atom. The average molecular weight is 290 g/mol. The molecule has 0 spiro atoms. The number of aryl methyl sites for hydroxylation is 1. The van der Waals surface area contributed by atoms with Gasteiger partial charge in [-0.15, -0.1) is 10.2 Å². The number of aromatic nitrogens is 8. The Kier molecular flexibility index (Phi) is 2.78.